The van der Waals surface area contributed by atoms with E-state index in [4.69, 9.17) is 9.72 Å². The van der Waals surface area contributed by atoms with E-state index in [-0.39, 0.29) is 11.0 Å². The van der Waals surface area contributed by atoms with Gasteiger partial charge >= 0.3 is 0 Å². The minimum Gasteiger partial charge on any atom is -0.377 e. The molecule has 1 atom stereocenters. The van der Waals surface area contributed by atoms with Gasteiger partial charge in [0.05, 0.1) is 16.3 Å². The van der Waals surface area contributed by atoms with Crippen molar-refractivity contribution >= 4 is 11.3 Å². The van der Waals surface area contributed by atoms with Gasteiger partial charge in [-0.2, -0.15) is 0 Å². The van der Waals surface area contributed by atoms with Crippen molar-refractivity contribution < 1.29 is 4.74 Å². The SMILES string of the molecule is COC1(CNC(C)c2sc(C(C)(C)C)nc2C)CCC1. The van der Waals surface area contributed by atoms with E-state index in [1.54, 1.807) is 0 Å². The summed E-state index contributed by atoms with van der Waals surface area (Å²) in [5.74, 6) is 0. The monoisotopic (exact) mass is 296 g/mol. The van der Waals surface area contributed by atoms with Gasteiger partial charge in [-0.15, -0.1) is 11.3 Å². The number of thiazole rings is 1. The van der Waals surface area contributed by atoms with Crippen LogP contribution in [0.3, 0.4) is 0 Å². The first kappa shape index (κ1) is 15.9. The summed E-state index contributed by atoms with van der Waals surface area (Å²) in [6.45, 7) is 12.0. The molecule has 0 spiro atoms. The largest absolute Gasteiger partial charge is 0.377 e. The molecule has 1 aromatic rings. The molecule has 20 heavy (non-hydrogen) atoms. The molecule has 114 valence electrons. The molecule has 2 rings (SSSR count). The number of methoxy groups -OCH3 is 1. The molecule has 0 bridgehead atoms. The lowest BCUT2D eigenvalue weighted by atomic mass is 9.80. The van der Waals surface area contributed by atoms with Crippen molar-refractivity contribution in [1.29, 1.82) is 0 Å². The highest BCUT2D eigenvalue weighted by atomic mass is 32.1. The molecule has 0 amide bonds. The van der Waals surface area contributed by atoms with E-state index >= 15 is 0 Å². The molecule has 0 aromatic carbocycles. The third-order valence-corrected chi connectivity index (χ3v) is 6.06. The fourth-order valence-electron chi connectivity index (χ4n) is 2.59. The van der Waals surface area contributed by atoms with Gasteiger partial charge in [0.25, 0.3) is 0 Å². The van der Waals surface area contributed by atoms with Gasteiger partial charge in [-0.1, -0.05) is 20.8 Å². The van der Waals surface area contributed by atoms with Gasteiger partial charge in [-0.3, -0.25) is 0 Å². The normalized spacial score (nSPS) is 19.7. The van der Waals surface area contributed by atoms with Crippen LogP contribution in [0, 0.1) is 6.92 Å². The van der Waals surface area contributed by atoms with Crippen molar-refractivity contribution in [2.45, 2.75) is 70.9 Å². The summed E-state index contributed by atoms with van der Waals surface area (Å²) in [6, 6.07) is 0.344. The molecule has 4 heteroatoms. The predicted molar refractivity (Wildman–Crippen MR) is 85.6 cm³/mol. The van der Waals surface area contributed by atoms with Gasteiger partial charge in [-0.25, -0.2) is 4.98 Å². The van der Waals surface area contributed by atoms with Gasteiger partial charge < -0.3 is 10.1 Å². The molecule has 1 saturated carbocycles. The summed E-state index contributed by atoms with van der Waals surface area (Å²) in [5.41, 5.74) is 1.38. The Bertz CT molecular complexity index is 452. The molecular weight excluding hydrogens is 268 g/mol. The number of nitrogens with one attached hydrogen (secondary N) is 1. The summed E-state index contributed by atoms with van der Waals surface area (Å²) in [6.07, 6.45) is 3.65. The highest BCUT2D eigenvalue weighted by Crippen LogP contribution is 2.36. The molecule has 1 aliphatic carbocycles. The van der Waals surface area contributed by atoms with E-state index in [9.17, 15) is 0 Å². The number of hydrogen-bond acceptors (Lipinski definition) is 4. The van der Waals surface area contributed by atoms with Crippen LogP contribution >= 0.6 is 11.3 Å². The molecule has 1 heterocycles. The number of aryl methyl sites for hydroxylation is 1. The molecular formula is C16H28N2OS. The van der Waals surface area contributed by atoms with E-state index in [0.717, 1.165) is 6.54 Å². The van der Waals surface area contributed by atoms with E-state index in [2.05, 4.69) is 39.9 Å². The second-order valence-corrected chi connectivity index (χ2v) is 8.09. The summed E-state index contributed by atoms with van der Waals surface area (Å²) in [4.78, 5) is 6.11. The Morgan fingerprint density at radius 2 is 2.05 bits per heavy atom. The zero-order chi connectivity index (χ0) is 15.0. The predicted octanol–water partition coefficient (Wildman–Crippen LogP) is 3.97. The van der Waals surface area contributed by atoms with Gasteiger partial charge in [0.1, 0.15) is 0 Å². The second kappa shape index (κ2) is 5.74. The van der Waals surface area contributed by atoms with Crippen molar-refractivity contribution in [1.82, 2.24) is 10.3 Å². The van der Waals surface area contributed by atoms with Gasteiger partial charge in [0.15, 0.2) is 0 Å². The van der Waals surface area contributed by atoms with Crippen molar-refractivity contribution in [3.8, 4) is 0 Å². The van der Waals surface area contributed by atoms with Gasteiger partial charge in [0, 0.05) is 30.0 Å². The minimum atomic E-state index is 0.0830. The third-order valence-electron chi connectivity index (χ3n) is 4.30. The molecule has 1 aliphatic rings. The van der Waals surface area contributed by atoms with Crippen LogP contribution in [-0.2, 0) is 10.2 Å². The van der Waals surface area contributed by atoms with Gasteiger partial charge in [-0.05, 0) is 33.1 Å². The van der Waals surface area contributed by atoms with Crippen molar-refractivity contribution in [2.24, 2.45) is 0 Å². The standard InChI is InChI=1S/C16H28N2OS/c1-11(17-10-16(19-6)8-7-9-16)13-12(2)18-14(20-13)15(3,4)5/h11,17H,7-10H2,1-6H3. The quantitative estimate of drug-likeness (QED) is 0.892. The lowest BCUT2D eigenvalue weighted by Crippen LogP contribution is -2.48. The number of rotatable bonds is 5. The van der Waals surface area contributed by atoms with E-state index in [1.165, 1.54) is 34.8 Å². The van der Waals surface area contributed by atoms with Crippen LogP contribution in [0.2, 0.25) is 0 Å². The Balaban J connectivity index is 2.02. The Kier molecular flexibility index (Phi) is 4.57. The van der Waals surface area contributed by atoms with Crippen LogP contribution in [-0.4, -0.2) is 24.2 Å². The average Bonchev–Trinajstić information content (AvgIpc) is 2.70. The number of nitrogens with zero attached hydrogens (tertiary/aromatic N) is 1. The summed E-state index contributed by atoms with van der Waals surface area (Å²) in [7, 11) is 1.83. The minimum absolute atomic E-state index is 0.0830. The third kappa shape index (κ3) is 3.23. The molecule has 3 nitrogen and oxygen atoms in total. The van der Waals surface area contributed by atoms with Crippen molar-refractivity contribution in [3.63, 3.8) is 0 Å². The highest BCUT2D eigenvalue weighted by molar-refractivity contribution is 7.12. The molecule has 0 aliphatic heterocycles. The smallest absolute Gasteiger partial charge is 0.0985 e. The molecule has 1 fully saturated rings. The number of aromatic nitrogens is 1. The van der Waals surface area contributed by atoms with Gasteiger partial charge in [0.2, 0.25) is 0 Å². The Labute approximate surface area is 127 Å². The van der Waals surface area contributed by atoms with Crippen molar-refractivity contribution in [2.75, 3.05) is 13.7 Å². The van der Waals surface area contributed by atoms with Crippen molar-refractivity contribution in [3.05, 3.63) is 15.6 Å². The average molecular weight is 296 g/mol. The van der Waals surface area contributed by atoms with Crippen LogP contribution < -0.4 is 5.32 Å². The summed E-state index contributed by atoms with van der Waals surface area (Å²) >= 11 is 1.84. The fourth-order valence-corrected chi connectivity index (χ4v) is 3.74. The number of hydrogen-bond donors (Lipinski definition) is 1. The highest BCUT2D eigenvalue weighted by Gasteiger charge is 2.37. The van der Waals surface area contributed by atoms with Crippen LogP contribution in [0.5, 0.6) is 0 Å². The van der Waals surface area contributed by atoms with Crippen LogP contribution in [0.1, 0.15) is 68.6 Å². The van der Waals surface area contributed by atoms with E-state index in [1.807, 2.05) is 18.4 Å². The maximum atomic E-state index is 5.68. The molecule has 1 unspecified atom stereocenters. The second-order valence-electron chi connectivity index (χ2n) is 7.06. The van der Waals surface area contributed by atoms with Crippen LogP contribution in [0.25, 0.3) is 0 Å². The first-order valence-corrected chi connectivity index (χ1v) is 8.35. The van der Waals surface area contributed by atoms with Crippen LogP contribution in [0.4, 0.5) is 0 Å². The molecule has 0 saturated heterocycles. The number of ether oxygens (including phenoxy) is 1. The maximum Gasteiger partial charge on any atom is 0.0985 e. The maximum absolute atomic E-state index is 5.68. The first-order valence-electron chi connectivity index (χ1n) is 7.54. The summed E-state index contributed by atoms with van der Waals surface area (Å²) < 4.78 is 5.68. The Morgan fingerprint density at radius 1 is 1.40 bits per heavy atom. The molecule has 1 N–H and O–H groups in total. The lowest BCUT2D eigenvalue weighted by molar-refractivity contribution is -0.0706. The Hall–Kier alpha value is -0.450. The van der Waals surface area contributed by atoms with Crippen LogP contribution in [0.15, 0.2) is 0 Å². The lowest BCUT2D eigenvalue weighted by Gasteiger charge is -2.41. The zero-order valence-corrected chi connectivity index (χ0v) is 14.5. The topological polar surface area (TPSA) is 34.1 Å². The zero-order valence-electron chi connectivity index (χ0n) is 13.7. The molecule has 0 radical (unpaired) electrons. The van der Waals surface area contributed by atoms with E-state index in [0.29, 0.717) is 6.04 Å². The summed E-state index contributed by atoms with van der Waals surface area (Å²) in [5, 5.41) is 4.87. The first-order chi connectivity index (χ1) is 9.27. The molecule has 1 aromatic heterocycles. The Morgan fingerprint density at radius 3 is 2.45 bits per heavy atom. The fraction of sp³-hybridized carbons (Fsp3) is 0.812. The van der Waals surface area contributed by atoms with E-state index < -0.39 is 0 Å².